The third-order valence-corrected chi connectivity index (χ3v) is 6.41. The highest BCUT2D eigenvalue weighted by Crippen LogP contribution is 2.27. The smallest absolute Gasteiger partial charge is 0.348 e. The van der Waals surface area contributed by atoms with Crippen molar-refractivity contribution in [3.05, 3.63) is 87.3 Å². The molecule has 0 fully saturated rings. The molecule has 8 nitrogen and oxygen atoms in total. The molecule has 4 rings (SSSR count). The molecule has 0 saturated heterocycles. The minimum Gasteiger partial charge on any atom is -0.494 e. The number of benzene rings is 2. The van der Waals surface area contributed by atoms with Gasteiger partial charge in [0.15, 0.2) is 5.78 Å². The molecule has 0 spiro atoms. The molecular weight excluding hydrogens is 468 g/mol. The van der Waals surface area contributed by atoms with Crippen molar-refractivity contribution in [1.82, 2.24) is 9.55 Å². The first-order chi connectivity index (χ1) is 17.0. The maximum absolute atomic E-state index is 13.1. The Morgan fingerprint density at radius 2 is 1.69 bits per heavy atom. The summed E-state index contributed by atoms with van der Waals surface area (Å²) in [6.45, 7) is 4.20. The van der Waals surface area contributed by atoms with E-state index in [0.717, 1.165) is 11.3 Å². The molecule has 0 bridgehead atoms. The van der Waals surface area contributed by atoms with Crippen molar-refractivity contribution in [3.8, 4) is 11.5 Å². The SMILES string of the molecule is CCOc1ccc(C(=O)Cn2cnc3sc(C(=O)OCCOc4ccccc4)c(C)c3c2=O)cc1. The largest absolute Gasteiger partial charge is 0.494 e. The van der Waals surface area contributed by atoms with Crippen molar-refractivity contribution in [3.63, 3.8) is 0 Å². The number of nitrogens with zero attached hydrogens (tertiary/aromatic N) is 2. The van der Waals surface area contributed by atoms with Crippen LogP contribution in [-0.4, -0.2) is 41.1 Å². The lowest BCUT2D eigenvalue weighted by Crippen LogP contribution is -2.24. The van der Waals surface area contributed by atoms with E-state index in [4.69, 9.17) is 14.2 Å². The Morgan fingerprint density at radius 3 is 2.40 bits per heavy atom. The van der Waals surface area contributed by atoms with Gasteiger partial charge in [-0.05, 0) is 55.8 Å². The molecule has 2 aromatic carbocycles. The van der Waals surface area contributed by atoms with E-state index < -0.39 is 5.97 Å². The van der Waals surface area contributed by atoms with E-state index in [9.17, 15) is 14.4 Å². The molecule has 0 saturated carbocycles. The number of hydrogen-bond acceptors (Lipinski definition) is 8. The molecule has 180 valence electrons. The topological polar surface area (TPSA) is 96.7 Å². The van der Waals surface area contributed by atoms with E-state index >= 15 is 0 Å². The fourth-order valence-electron chi connectivity index (χ4n) is 3.49. The van der Waals surface area contributed by atoms with E-state index in [0.29, 0.717) is 44.3 Å². The number of aryl methyl sites for hydroxylation is 1. The van der Waals surface area contributed by atoms with Gasteiger partial charge in [-0.3, -0.25) is 14.2 Å². The average Bonchev–Trinajstić information content (AvgIpc) is 3.21. The first-order valence-corrected chi connectivity index (χ1v) is 11.9. The highest BCUT2D eigenvalue weighted by Gasteiger charge is 2.21. The third-order valence-electron chi connectivity index (χ3n) is 5.23. The number of esters is 1. The molecule has 2 aromatic heterocycles. The maximum Gasteiger partial charge on any atom is 0.348 e. The van der Waals surface area contributed by atoms with Crippen LogP contribution in [0.2, 0.25) is 0 Å². The molecule has 0 aliphatic carbocycles. The van der Waals surface area contributed by atoms with Crippen molar-refractivity contribution in [1.29, 1.82) is 0 Å². The number of Topliss-reactive ketones (excluding diaryl/α,β-unsaturated/α-hetero) is 1. The van der Waals surface area contributed by atoms with E-state index in [1.165, 1.54) is 10.9 Å². The van der Waals surface area contributed by atoms with Gasteiger partial charge in [0.1, 0.15) is 34.4 Å². The lowest BCUT2D eigenvalue weighted by molar-refractivity contribution is 0.0455. The summed E-state index contributed by atoms with van der Waals surface area (Å²) in [6.07, 6.45) is 1.33. The first kappa shape index (κ1) is 24.2. The van der Waals surface area contributed by atoms with Crippen LogP contribution in [0.5, 0.6) is 11.5 Å². The Morgan fingerprint density at radius 1 is 0.971 bits per heavy atom. The molecule has 2 heterocycles. The molecule has 0 radical (unpaired) electrons. The van der Waals surface area contributed by atoms with Gasteiger partial charge in [0.25, 0.3) is 5.56 Å². The standard InChI is InChI=1S/C26H24N2O6S/c1-3-32-20-11-9-18(10-12-20)21(29)15-28-16-27-24-22(25(28)30)17(2)23(35-24)26(31)34-14-13-33-19-7-5-4-6-8-19/h4-12,16H,3,13-15H2,1-2H3. The second-order valence-corrected chi connectivity index (χ2v) is 8.59. The van der Waals surface area contributed by atoms with Crippen LogP contribution in [0.25, 0.3) is 10.2 Å². The van der Waals surface area contributed by atoms with Gasteiger partial charge in [-0.2, -0.15) is 0 Å². The lowest BCUT2D eigenvalue weighted by atomic mass is 10.1. The van der Waals surface area contributed by atoms with Crippen LogP contribution in [-0.2, 0) is 11.3 Å². The molecule has 0 N–H and O–H groups in total. The third kappa shape index (κ3) is 5.58. The Labute approximate surface area is 205 Å². The highest BCUT2D eigenvalue weighted by atomic mass is 32.1. The zero-order valence-corrected chi connectivity index (χ0v) is 20.2. The van der Waals surface area contributed by atoms with E-state index in [-0.39, 0.29) is 31.1 Å². The normalized spacial score (nSPS) is 10.8. The predicted molar refractivity (Wildman–Crippen MR) is 133 cm³/mol. The van der Waals surface area contributed by atoms with Gasteiger partial charge in [0, 0.05) is 5.56 Å². The van der Waals surface area contributed by atoms with Crippen molar-refractivity contribution >= 4 is 33.3 Å². The van der Waals surface area contributed by atoms with Crippen molar-refractivity contribution in [2.45, 2.75) is 20.4 Å². The van der Waals surface area contributed by atoms with Gasteiger partial charge in [-0.1, -0.05) is 18.2 Å². The lowest BCUT2D eigenvalue weighted by Gasteiger charge is -2.07. The highest BCUT2D eigenvalue weighted by molar-refractivity contribution is 7.20. The van der Waals surface area contributed by atoms with Crippen LogP contribution < -0.4 is 15.0 Å². The van der Waals surface area contributed by atoms with Gasteiger partial charge in [0.2, 0.25) is 0 Å². The number of fused-ring (bicyclic) bond motifs is 1. The summed E-state index contributed by atoms with van der Waals surface area (Å²) in [5, 5.41) is 0.310. The van der Waals surface area contributed by atoms with Crippen LogP contribution in [0, 0.1) is 6.92 Å². The summed E-state index contributed by atoms with van der Waals surface area (Å²) in [6, 6.07) is 16.0. The van der Waals surface area contributed by atoms with Crippen LogP contribution in [0.3, 0.4) is 0 Å². The first-order valence-electron chi connectivity index (χ1n) is 11.1. The van der Waals surface area contributed by atoms with Crippen LogP contribution in [0.15, 0.2) is 65.7 Å². The number of ketones is 1. The van der Waals surface area contributed by atoms with Gasteiger partial charge < -0.3 is 14.2 Å². The Kier molecular flexibility index (Phi) is 7.57. The minimum atomic E-state index is -0.543. The van der Waals surface area contributed by atoms with Crippen molar-refractivity contribution in [2.24, 2.45) is 0 Å². The van der Waals surface area contributed by atoms with Crippen LogP contribution in [0.1, 0.15) is 32.5 Å². The average molecular weight is 493 g/mol. The number of ether oxygens (including phenoxy) is 3. The fourth-order valence-corrected chi connectivity index (χ4v) is 4.53. The van der Waals surface area contributed by atoms with E-state index in [1.54, 1.807) is 31.2 Å². The molecule has 0 unspecified atom stereocenters. The van der Waals surface area contributed by atoms with E-state index in [2.05, 4.69) is 4.98 Å². The van der Waals surface area contributed by atoms with Gasteiger partial charge in [0.05, 0.1) is 24.9 Å². The maximum atomic E-state index is 13.1. The van der Waals surface area contributed by atoms with Gasteiger partial charge in [-0.15, -0.1) is 11.3 Å². The molecule has 35 heavy (non-hydrogen) atoms. The molecule has 0 aliphatic rings. The molecular formula is C26H24N2O6S. The fraction of sp³-hybridized carbons (Fsp3) is 0.231. The molecule has 0 amide bonds. The number of carbonyl (C=O) groups excluding carboxylic acids is 2. The van der Waals surface area contributed by atoms with Gasteiger partial charge >= 0.3 is 5.97 Å². The summed E-state index contributed by atoms with van der Waals surface area (Å²) >= 11 is 1.09. The number of thiophene rings is 1. The Bertz CT molecular complexity index is 1390. The van der Waals surface area contributed by atoms with Gasteiger partial charge in [-0.25, -0.2) is 9.78 Å². The summed E-state index contributed by atoms with van der Waals surface area (Å²) < 4.78 is 17.5. The number of rotatable bonds is 10. The summed E-state index contributed by atoms with van der Waals surface area (Å²) in [5.74, 6) is 0.580. The Hall–Kier alpha value is -3.98. The van der Waals surface area contributed by atoms with Crippen molar-refractivity contribution in [2.75, 3.05) is 19.8 Å². The van der Waals surface area contributed by atoms with E-state index in [1.807, 2.05) is 37.3 Å². The zero-order chi connectivity index (χ0) is 24.8. The summed E-state index contributed by atoms with van der Waals surface area (Å²) in [4.78, 5) is 43.4. The molecule has 0 aliphatic heterocycles. The number of carbonyl (C=O) groups is 2. The van der Waals surface area contributed by atoms with Crippen LogP contribution >= 0.6 is 11.3 Å². The summed E-state index contributed by atoms with van der Waals surface area (Å²) in [7, 11) is 0. The second kappa shape index (κ2) is 11.0. The summed E-state index contributed by atoms with van der Waals surface area (Å²) in [5.41, 5.74) is 0.568. The second-order valence-electron chi connectivity index (χ2n) is 7.59. The monoisotopic (exact) mass is 492 g/mol. The Balaban J connectivity index is 1.45. The minimum absolute atomic E-state index is 0.0651. The zero-order valence-electron chi connectivity index (χ0n) is 19.4. The quantitative estimate of drug-likeness (QED) is 0.185. The molecule has 0 atom stereocenters. The number of hydrogen-bond donors (Lipinski definition) is 0. The van der Waals surface area contributed by atoms with Crippen LogP contribution in [0.4, 0.5) is 0 Å². The predicted octanol–water partition coefficient (Wildman–Crippen LogP) is 4.28. The molecule has 4 aromatic rings. The number of para-hydroxylation sites is 1. The molecule has 9 heteroatoms. The van der Waals surface area contributed by atoms with Crippen molar-refractivity contribution < 1.29 is 23.8 Å². The number of aromatic nitrogens is 2.